The van der Waals surface area contributed by atoms with E-state index in [0.717, 1.165) is 29.5 Å². The molecular weight excluding hydrogens is 378 g/mol. The van der Waals surface area contributed by atoms with Gasteiger partial charge in [-0.1, -0.05) is 13.8 Å². The summed E-state index contributed by atoms with van der Waals surface area (Å²) >= 11 is 3.47. The third-order valence-electron chi connectivity index (χ3n) is 3.88. The molecule has 24 heavy (non-hydrogen) atoms. The number of carbonyl (C=O) groups is 1. The van der Waals surface area contributed by atoms with E-state index in [0.29, 0.717) is 23.5 Å². The molecule has 0 bridgehead atoms. The lowest BCUT2D eigenvalue weighted by molar-refractivity contribution is 0.0567. The van der Waals surface area contributed by atoms with Gasteiger partial charge in [0.2, 0.25) is 5.76 Å². The number of likely N-dealkylation sites (N-methyl/N-ethyl adjacent to an activating group) is 1. The van der Waals surface area contributed by atoms with Gasteiger partial charge in [-0.05, 0) is 35.1 Å². The Hall–Kier alpha value is -1.73. The lowest BCUT2D eigenvalue weighted by atomic mass is 10.1. The number of carbonyl (C=O) groups excluding carboxylic acids is 1. The van der Waals surface area contributed by atoms with Crippen molar-refractivity contribution >= 4 is 32.7 Å². The van der Waals surface area contributed by atoms with Gasteiger partial charge in [-0.15, -0.1) is 0 Å². The topological polar surface area (TPSA) is 61.1 Å². The second kappa shape index (κ2) is 8.39. The summed E-state index contributed by atoms with van der Waals surface area (Å²) in [7, 11) is 2.87. The smallest absolute Gasteiger partial charge is 0.374 e. The number of nitrogens with zero attached hydrogens (tertiary/aromatic N) is 1. The zero-order chi connectivity index (χ0) is 17.7. The molecule has 1 heterocycles. The molecule has 1 aromatic carbocycles. The third-order valence-corrected chi connectivity index (χ3v) is 4.46. The predicted molar refractivity (Wildman–Crippen MR) is 95.1 cm³/mol. The minimum absolute atomic E-state index is 0.108. The molecule has 0 atom stereocenters. The van der Waals surface area contributed by atoms with Crippen molar-refractivity contribution < 1.29 is 23.4 Å². The largest absolute Gasteiger partial charge is 0.492 e. The standard InChI is InChI=1S/C17H22BrNO5/c1-5-19(6-2)7-8-23-15-13-11(9-12(18)14(15)21-3)10-24-16(13)17(20)22-4/h9-10H,5-8H2,1-4H3. The Kier molecular flexibility index (Phi) is 6.51. The number of hydrogen-bond acceptors (Lipinski definition) is 6. The van der Waals surface area contributed by atoms with Gasteiger partial charge in [0.25, 0.3) is 0 Å². The molecule has 0 aliphatic rings. The quantitative estimate of drug-likeness (QED) is 0.630. The van der Waals surface area contributed by atoms with Crippen LogP contribution in [0.25, 0.3) is 10.8 Å². The van der Waals surface area contributed by atoms with Crippen molar-refractivity contribution in [1.82, 2.24) is 4.90 Å². The lowest BCUT2D eigenvalue weighted by Crippen LogP contribution is -2.28. The van der Waals surface area contributed by atoms with Crippen LogP contribution in [0.15, 0.2) is 21.2 Å². The average molecular weight is 400 g/mol. The Morgan fingerprint density at radius 2 is 1.96 bits per heavy atom. The number of ether oxygens (including phenoxy) is 3. The monoisotopic (exact) mass is 399 g/mol. The fraction of sp³-hybridized carbons (Fsp3) is 0.471. The molecule has 1 aromatic heterocycles. The van der Waals surface area contributed by atoms with E-state index in [9.17, 15) is 4.79 Å². The van der Waals surface area contributed by atoms with Gasteiger partial charge in [0.1, 0.15) is 6.61 Å². The fourth-order valence-electron chi connectivity index (χ4n) is 2.52. The molecule has 0 unspecified atom stereocenters. The number of rotatable bonds is 8. The number of halogens is 1. The molecule has 0 aliphatic heterocycles. The molecular formula is C17H22BrNO5. The number of furan rings is 1. The number of hydrogen-bond donors (Lipinski definition) is 0. The van der Waals surface area contributed by atoms with Crippen molar-refractivity contribution in [3.05, 3.63) is 22.6 Å². The molecule has 0 radical (unpaired) electrons. The summed E-state index contributed by atoms with van der Waals surface area (Å²) < 4.78 is 22.3. The van der Waals surface area contributed by atoms with Crippen molar-refractivity contribution in [2.75, 3.05) is 40.5 Å². The summed E-state index contributed by atoms with van der Waals surface area (Å²) in [6.07, 6.45) is 1.50. The summed E-state index contributed by atoms with van der Waals surface area (Å²) in [5.74, 6) is 0.552. The number of methoxy groups -OCH3 is 2. The van der Waals surface area contributed by atoms with E-state index in [1.54, 1.807) is 7.11 Å². The maximum absolute atomic E-state index is 12.0. The predicted octanol–water partition coefficient (Wildman–Crippen LogP) is 3.71. The van der Waals surface area contributed by atoms with Crippen LogP contribution < -0.4 is 9.47 Å². The molecule has 6 nitrogen and oxygen atoms in total. The van der Waals surface area contributed by atoms with Gasteiger partial charge in [-0.3, -0.25) is 0 Å². The van der Waals surface area contributed by atoms with Crippen molar-refractivity contribution in [3.63, 3.8) is 0 Å². The molecule has 0 saturated heterocycles. The number of esters is 1. The second-order valence-electron chi connectivity index (χ2n) is 5.12. The van der Waals surface area contributed by atoms with Crippen molar-refractivity contribution in [3.8, 4) is 11.5 Å². The summed E-state index contributed by atoms with van der Waals surface area (Å²) in [5, 5.41) is 1.29. The first-order chi connectivity index (χ1) is 11.6. The first-order valence-electron chi connectivity index (χ1n) is 7.78. The molecule has 7 heteroatoms. The van der Waals surface area contributed by atoms with E-state index in [1.165, 1.54) is 13.4 Å². The Morgan fingerprint density at radius 3 is 2.54 bits per heavy atom. The third kappa shape index (κ3) is 3.67. The highest BCUT2D eigenvalue weighted by Crippen LogP contribution is 2.44. The van der Waals surface area contributed by atoms with Crippen LogP contribution in [0.2, 0.25) is 0 Å². The van der Waals surface area contributed by atoms with Gasteiger partial charge >= 0.3 is 5.97 Å². The second-order valence-corrected chi connectivity index (χ2v) is 5.97. The van der Waals surface area contributed by atoms with Crippen LogP contribution in [0.1, 0.15) is 24.4 Å². The molecule has 0 N–H and O–H groups in total. The normalized spacial score (nSPS) is 11.1. The number of fused-ring (bicyclic) bond motifs is 1. The molecule has 0 amide bonds. The first kappa shape index (κ1) is 18.6. The van der Waals surface area contributed by atoms with E-state index in [1.807, 2.05) is 6.07 Å². The average Bonchev–Trinajstić information content (AvgIpc) is 3.01. The van der Waals surface area contributed by atoms with Gasteiger partial charge in [0, 0.05) is 11.9 Å². The van der Waals surface area contributed by atoms with Gasteiger partial charge in [-0.25, -0.2) is 4.79 Å². The van der Waals surface area contributed by atoms with Gasteiger partial charge in [0.05, 0.1) is 30.3 Å². The van der Waals surface area contributed by atoms with E-state index in [-0.39, 0.29) is 5.76 Å². The van der Waals surface area contributed by atoms with Crippen molar-refractivity contribution in [2.45, 2.75) is 13.8 Å². The molecule has 0 fully saturated rings. The van der Waals surface area contributed by atoms with Crippen molar-refractivity contribution in [2.24, 2.45) is 0 Å². The highest BCUT2D eigenvalue weighted by atomic mass is 79.9. The molecule has 0 aliphatic carbocycles. The van der Waals surface area contributed by atoms with Gasteiger partial charge in [-0.2, -0.15) is 0 Å². The van der Waals surface area contributed by atoms with Gasteiger partial charge < -0.3 is 23.5 Å². The van der Waals surface area contributed by atoms with E-state index < -0.39 is 5.97 Å². The highest BCUT2D eigenvalue weighted by molar-refractivity contribution is 9.10. The minimum atomic E-state index is -0.553. The highest BCUT2D eigenvalue weighted by Gasteiger charge is 2.24. The Bertz CT molecular complexity index is 709. The van der Waals surface area contributed by atoms with Crippen LogP contribution >= 0.6 is 15.9 Å². The lowest BCUT2D eigenvalue weighted by Gasteiger charge is -2.19. The van der Waals surface area contributed by atoms with Crippen LogP contribution in [0.5, 0.6) is 11.5 Å². The molecule has 0 spiro atoms. The zero-order valence-electron chi connectivity index (χ0n) is 14.3. The van der Waals surface area contributed by atoms with Gasteiger partial charge in [0.15, 0.2) is 11.5 Å². The van der Waals surface area contributed by atoms with Crippen LogP contribution in [0.3, 0.4) is 0 Å². The maximum atomic E-state index is 12.0. The van der Waals surface area contributed by atoms with Crippen LogP contribution in [-0.2, 0) is 4.74 Å². The molecule has 2 aromatic rings. The van der Waals surface area contributed by atoms with Crippen LogP contribution in [0.4, 0.5) is 0 Å². The SMILES string of the molecule is CCN(CC)CCOc1c(OC)c(Br)cc2coc(C(=O)OC)c12. The Labute approximate surface area is 149 Å². The number of benzene rings is 1. The molecule has 0 saturated carbocycles. The van der Waals surface area contributed by atoms with E-state index in [2.05, 4.69) is 34.7 Å². The molecule has 2 rings (SSSR count). The Morgan fingerprint density at radius 1 is 1.25 bits per heavy atom. The van der Waals surface area contributed by atoms with Crippen LogP contribution in [-0.4, -0.2) is 51.3 Å². The summed E-state index contributed by atoms with van der Waals surface area (Å²) in [6.45, 7) is 7.35. The Balaban J connectivity index is 2.43. The zero-order valence-corrected chi connectivity index (χ0v) is 15.9. The fourth-order valence-corrected chi connectivity index (χ4v) is 3.11. The first-order valence-corrected chi connectivity index (χ1v) is 8.57. The molecule has 132 valence electrons. The minimum Gasteiger partial charge on any atom is -0.492 e. The summed E-state index contributed by atoms with van der Waals surface area (Å²) in [6, 6.07) is 1.82. The van der Waals surface area contributed by atoms with Crippen molar-refractivity contribution in [1.29, 1.82) is 0 Å². The van der Waals surface area contributed by atoms with E-state index in [4.69, 9.17) is 18.6 Å². The van der Waals surface area contributed by atoms with E-state index >= 15 is 0 Å². The maximum Gasteiger partial charge on any atom is 0.374 e. The summed E-state index contributed by atoms with van der Waals surface area (Å²) in [5.41, 5.74) is 0. The summed E-state index contributed by atoms with van der Waals surface area (Å²) in [4.78, 5) is 14.2. The van der Waals surface area contributed by atoms with Crippen LogP contribution in [0, 0.1) is 0 Å².